The summed E-state index contributed by atoms with van der Waals surface area (Å²) in [5.74, 6) is -0.257. The van der Waals surface area contributed by atoms with Crippen molar-refractivity contribution < 1.29 is 89.4 Å². The summed E-state index contributed by atoms with van der Waals surface area (Å²) in [5.41, 5.74) is 0. The van der Waals surface area contributed by atoms with Gasteiger partial charge < -0.3 is 89.9 Å². The Bertz CT molecular complexity index is 1390. The number of unbranched alkanes of at least 4 members (excludes halogenated alkanes) is 17. The highest BCUT2D eigenvalue weighted by Gasteiger charge is 2.53. The van der Waals surface area contributed by atoms with E-state index in [1.54, 1.807) is 0 Å². The van der Waals surface area contributed by atoms with Gasteiger partial charge in [0.2, 0.25) is 5.91 Å². The molecule has 0 aromatic carbocycles. The number of hydrogen-bond acceptors (Lipinski definition) is 18. The molecular formula is C51H93NO18. The number of aliphatic hydroxyl groups is 11. The van der Waals surface area contributed by atoms with Gasteiger partial charge in [0.25, 0.3) is 0 Å². The summed E-state index contributed by atoms with van der Waals surface area (Å²) in [6, 6.07) is -0.886. The van der Waals surface area contributed by atoms with Gasteiger partial charge >= 0.3 is 0 Å². The summed E-state index contributed by atoms with van der Waals surface area (Å²) in [4.78, 5) is 13.2. The van der Waals surface area contributed by atoms with Crippen molar-refractivity contribution >= 4 is 5.91 Å². The molecule has 17 atom stereocenters. The minimum Gasteiger partial charge on any atom is -0.394 e. The first kappa shape index (κ1) is 62.6. The number of aliphatic hydroxyl groups excluding tert-OH is 11. The normalized spacial score (nSPS) is 32.7. The Kier molecular flexibility index (Phi) is 32.4. The summed E-state index contributed by atoms with van der Waals surface area (Å²) in [6.45, 7) is 1.67. The molecule has 0 aliphatic carbocycles. The first-order valence-corrected chi connectivity index (χ1v) is 26.6. The highest BCUT2D eigenvalue weighted by Crippen LogP contribution is 2.33. The van der Waals surface area contributed by atoms with E-state index in [4.69, 9.17) is 28.4 Å². The summed E-state index contributed by atoms with van der Waals surface area (Å²) in [6.07, 6.45) is 5.99. The van der Waals surface area contributed by atoms with Gasteiger partial charge in [-0.1, -0.05) is 134 Å². The molecule has 3 heterocycles. The molecule has 19 heteroatoms. The van der Waals surface area contributed by atoms with E-state index >= 15 is 0 Å². The SMILES string of the molecule is CCCCCC/C=C\C/C=C\CCCCCCCCCC(=O)NC(COC1OC(CO)C(OC2OC(CO)C(OC3OC(CO)C(O)C(O)C3O)C(O)C2O)C(O)C1O)C(O)CCCCCCCCC. The van der Waals surface area contributed by atoms with E-state index in [9.17, 15) is 61.0 Å². The third-order valence-corrected chi connectivity index (χ3v) is 13.5. The molecule has 3 saturated heterocycles. The fourth-order valence-electron chi connectivity index (χ4n) is 9.05. The van der Waals surface area contributed by atoms with Crippen LogP contribution >= 0.6 is 0 Å². The third-order valence-electron chi connectivity index (χ3n) is 13.5. The van der Waals surface area contributed by atoms with Crippen molar-refractivity contribution in [2.24, 2.45) is 0 Å². The zero-order valence-electron chi connectivity index (χ0n) is 42.0. The van der Waals surface area contributed by atoms with E-state index in [-0.39, 0.29) is 18.9 Å². The molecule has 0 aromatic rings. The standard InChI is InChI=1S/C51H93NO18/c1-3-5-7-9-11-12-13-14-15-16-17-18-19-20-21-23-25-27-29-39(57)52-34(35(56)28-26-24-22-10-8-6-4-2)33-65-49-45(63)42(60)47(37(31-54)67-49)70-51-46(64)43(61)48(38(32-55)68-51)69-50-44(62)41(59)40(58)36(30-53)66-50/h12-13,15-16,34-38,40-51,53-56,58-64H,3-11,14,17-33H2,1-2H3,(H,52,57)/b13-12-,16-15-. The first-order chi connectivity index (χ1) is 33.8. The second kappa shape index (κ2) is 36.3. The molecule has 0 bridgehead atoms. The van der Waals surface area contributed by atoms with Crippen LogP contribution in [0.2, 0.25) is 0 Å². The summed E-state index contributed by atoms with van der Waals surface area (Å²) in [5, 5.41) is 120. The highest BCUT2D eigenvalue weighted by atomic mass is 16.8. The molecule has 1 amide bonds. The topological polar surface area (TPSA) is 307 Å². The molecule has 3 aliphatic heterocycles. The van der Waals surface area contributed by atoms with Gasteiger partial charge in [0.1, 0.15) is 73.2 Å². The van der Waals surface area contributed by atoms with Crippen molar-refractivity contribution in [1.82, 2.24) is 5.32 Å². The van der Waals surface area contributed by atoms with Crippen LogP contribution < -0.4 is 5.32 Å². The van der Waals surface area contributed by atoms with E-state index in [0.717, 1.165) is 83.5 Å². The Labute approximate surface area is 416 Å². The molecule has 3 rings (SSSR count). The van der Waals surface area contributed by atoms with Crippen molar-refractivity contribution in [1.29, 1.82) is 0 Å². The summed E-state index contributed by atoms with van der Waals surface area (Å²) >= 11 is 0. The molecule has 12 N–H and O–H groups in total. The number of hydrogen-bond donors (Lipinski definition) is 12. The predicted octanol–water partition coefficient (Wildman–Crippen LogP) is 2.42. The van der Waals surface area contributed by atoms with Crippen LogP contribution in [0.25, 0.3) is 0 Å². The molecule has 0 saturated carbocycles. The molecular weight excluding hydrogens is 915 g/mol. The quantitative estimate of drug-likeness (QED) is 0.0314. The van der Waals surface area contributed by atoms with Crippen LogP contribution in [0.3, 0.4) is 0 Å². The maximum absolute atomic E-state index is 13.2. The van der Waals surface area contributed by atoms with E-state index in [2.05, 4.69) is 43.5 Å². The lowest BCUT2D eigenvalue weighted by atomic mass is 9.96. The lowest BCUT2D eigenvalue weighted by molar-refractivity contribution is -0.379. The maximum atomic E-state index is 13.2. The smallest absolute Gasteiger partial charge is 0.220 e. The zero-order valence-corrected chi connectivity index (χ0v) is 42.0. The van der Waals surface area contributed by atoms with Gasteiger partial charge in [-0.15, -0.1) is 0 Å². The Hall–Kier alpha value is -1.73. The second-order valence-corrected chi connectivity index (χ2v) is 19.3. The molecule has 410 valence electrons. The number of allylic oxidation sites excluding steroid dienone is 4. The Balaban J connectivity index is 1.50. The largest absolute Gasteiger partial charge is 0.394 e. The molecule has 19 nitrogen and oxygen atoms in total. The summed E-state index contributed by atoms with van der Waals surface area (Å²) in [7, 11) is 0. The Morgan fingerprint density at radius 2 is 0.943 bits per heavy atom. The fraction of sp³-hybridized carbons (Fsp3) is 0.902. The average molecular weight is 1010 g/mol. The lowest BCUT2D eigenvalue weighted by Crippen LogP contribution is -2.66. The Morgan fingerprint density at radius 1 is 0.514 bits per heavy atom. The monoisotopic (exact) mass is 1010 g/mol. The average Bonchev–Trinajstić information content (AvgIpc) is 3.35. The van der Waals surface area contributed by atoms with Crippen LogP contribution in [0.4, 0.5) is 0 Å². The minimum atomic E-state index is -1.97. The van der Waals surface area contributed by atoms with Gasteiger partial charge in [0.05, 0.1) is 38.6 Å². The maximum Gasteiger partial charge on any atom is 0.220 e. The van der Waals surface area contributed by atoms with E-state index in [1.165, 1.54) is 44.9 Å². The van der Waals surface area contributed by atoms with E-state index in [1.807, 2.05) is 0 Å². The highest BCUT2D eigenvalue weighted by molar-refractivity contribution is 5.76. The molecule has 70 heavy (non-hydrogen) atoms. The van der Waals surface area contributed by atoms with Gasteiger partial charge in [-0.25, -0.2) is 0 Å². The molecule has 17 unspecified atom stereocenters. The molecule has 3 aliphatic rings. The number of ether oxygens (including phenoxy) is 6. The van der Waals surface area contributed by atoms with Crippen LogP contribution in [0, 0.1) is 0 Å². The van der Waals surface area contributed by atoms with Gasteiger partial charge in [-0.2, -0.15) is 0 Å². The van der Waals surface area contributed by atoms with E-state index < -0.39 is 124 Å². The molecule has 3 fully saturated rings. The zero-order chi connectivity index (χ0) is 51.3. The van der Waals surface area contributed by atoms with Crippen LogP contribution in [0.5, 0.6) is 0 Å². The number of carbonyl (C=O) groups excluding carboxylic acids is 1. The van der Waals surface area contributed by atoms with Gasteiger partial charge in [0, 0.05) is 6.42 Å². The van der Waals surface area contributed by atoms with Crippen molar-refractivity contribution in [2.75, 3.05) is 26.4 Å². The Morgan fingerprint density at radius 3 is 1.47 bits per heavy atom. The van der Waals surface area contributed by atoms with Crippen molar-refractivity contribution in [3.8, 4) is 0 Å². The van der Waals surface area contributed by atoms with Crippen molar-refractivity contribution in [2.45, 2.75) is 266 Å². The first-order valence-electron chi connectivity index (χ1n) is 26.6. The number of nitrogens with one attached hydrogen (secondary N) is 1. The predicted molar refractivity (Wildman–Crippen MR) is 259 cm³/mol. The minimum absolute atomic E-state index is 0.257. The fourth-order valence-corrected chi connectivity index (χ4v) is 9.05. The van der Waals surface area contributed by atoms with Crippen LogP contribution in [-0.4, -0.2) is 193 Å². The second-order valence-electron chi connectivity index (χ2n) is 19.3. The molecule has 0 radical (unpaired) electrons. The van der Waals surface area contributed by atoms with Gasteiger partial charge in [0.15, 0.2) is 18.9 Å². The number of rotatable bonds is 37. The van der Waals surface area contributed by atoms with E-state index in [0.29, 0.717) is 12.8 Å². The molecule has 0 aromatic heterocycles. The van der Waals surface area contributed by atoms with Crippen molar-refractivity contribution in [3.63, 3.8) is 0 Å². The van der Waals surface area contributed by atoms with Crippen LogP contribution in [-0.2, 0) is 33.2 Å². The molecule has 0 spiro atoms. The van der Waals surface area contributed by atoms with Crippen LogP contribution in [0.15, 0.2) is 24.3 Å². The van der Waals surface area contributed by atoms with Crippen LogP contribution in [0.1, 0.15) is 162 Å². The lowest BCUT2D eigenvalue weighted by Gasteiger charge is -2.48. The van der Waals surface area contributed by atoms with Crippen molar-refractivity contribution in [3.05, 3.63) is 24.3 Å². The van der Waals surface area contributed by atoms with Gasteiger partial charge in [-0.05, 0) is 44.9 Å². The number of carbonyl (C=O) groups is 1. The number of amides is 1. The van der Waals surface area contributed by atoms with Gasteiger partial charge in [-0.3, -0.25) is 4.79 Å². The summed E-state index contributed by atoms with van der Waals surface area (Å²) < 4.78 is 34.1. The third kappa shape index (κ3) is 21.6.